The van der Waals surface area contributed by atoms with E-state index in [1.807, 2.05) is 49.1 Å². The van der Waals surface area contributed by atoms with Crippen LogP contribution in [0.2, 0.25) is 5.02 Å². The van der Waals surface area contributed by atoms with Crippen LogP contribution in [0, 0.1) is 19.8 Å². The Kier molecular flexibility index (Phi) is 4.70. The average molecular weight is 347 g/mol. The molecule has 1 aliphatic rings. The summed E-state index contributed by atoms with van der Waals surface area (Å²) in [5.41, 5.74) is 3.60. The van der Waals surface area contributed by atoms with Crippen molar-refractivity contribution in [2.75, 3.05) is 13.1 Å². The standard InChI is InChI=1S/C19H23ClN2O2/c1-12-9-18(19(24)21-8-7-15(11-21)14(3)23)13(2)22(12)17-6-4-5-16(20)10-17/h4-6,9-10,14-15,23H,7-8,11H2,1-3H3. The van der Waals surface area contributed by atoms with Gasteiger partial charge in [-0.1, -0.05) is 17.7 Å². The number of hydrogen-bond donors (Lipinski definition) is 1. The Labute approximate surface area is 147 Å². The number of benzene rings is 1. The van der Waals surface area contributed by atoms with Gasteiger partial charge >= 0.3 is 0 Å². The van der Waals surface area contributed by atoms with Crippen LogP contribution in [-0.2, 0) is 0 Å². The van der Waals surface area contributed by atoms with Crippen molar-refractivity contribution in [1.29, 1.82) is 0 Å². The summed E-state index contributed by atoms with van der Waals surface area (Å²) >= 11 is 6.11. The summed E-state index contributed by atoms with van der Waals surface area (Å²) in [5.74, 6) is 0.213. The highest BCUT2D eigenvalue weighted by Crippen LogP contribution is 2.26. The monoisotopic (exact) mass is 346 g/mol. The summed E-state index contributed by atoms with van der Waals surface area (Å²) in [6, 6.07) is 9.57. The van der Waals surface area contributed by atoms with Gasteiger partial charge in [0.05, 0.1) is 11.7 Å². The number of likely N-dealkylation sites (tertiary alicyclic amines) is 1. The molecule has 5 heteroatoms. The Morgan fingerprint density at radius 1 is 1.33 bits per heavy atom. The van der Waals surface area contributed by atoms with Gasteiger partial charge in [-0.15, -0.1) is 0 Å². The maximum absolute atomic E-state index is 12.9. The third-order valence-corrected chi connectivity index (χ3v) is 5.16. The summed E-state index contributed by atoms with van der Waals surface area (Å²) < 4.78 is 2.06. The second-order valence-electron chi connectivity index (χ2n) is 6.64. The van der Waals surface area contributed by atoms with Gasteiger partial charge in [-0.05, 0) is 51.5 Å². The van der Waals surface area contributed by atoms with Crippen LogP contribution in [0.5, 0.6) is 0 Å². The first-order valence-electron chi connectivity index (χ1n) is 8.30. The lowest BCUT2D eigenvalue weighted by molar-refractivity contribution is 0.0762. The fraction of sp³-hybridized carbons (Fsp3) is 0.421. The molecule has 1 amide bonds. The SMILES string of the molecule is Cc1cc(C(=O)N2CCC(C(C)O)C2)c(C)n1-c1cccc(Cl)c1. The van der Waals surface area contributed by atoms with Crippen LogP contribution >= 0.6 is 11.6 Å². The molecule has 1 saturated heterocycles. The largest absolute Gasteiger partial charge is 0.393 e. The van der Waals surface area contributed by atoms with E-state index in [9.17, 15) is 9.90 Å². The number of amides is 1. The molecule has 2 aromatic rings. The minimum atomic E-state index is -0.373. The number of aliphatic hydroxyl groups excluding tert-OH is 1. The second-order valence-corrected chi connectivity index (χ2v) is 7.08. The summed E-state index contributed by atoms with van der Waals surface area (Å²) in [6.07, 6.45) is 0.484. The van der Waals surface area contributed by atoms with E-state index < -0.39 is 0 Å². The third kappa shape index (κ3) is 3.08. The lowest BCUT2D eigenvalue weighted by Crippen LogP contribution is -2.30. The zero-order valence-electron chi connectivity index (χ0n) is 14.3. The Morgan fingerprint density at radius 3 is 2.71 bits per heavy atom. The molecule has 2 unspecified atom stereocenters. The lowest BCUT2D eigenvalue weighted by Gasteiger charge is -2.18. The van der Waals surface area contributed by atoms with E-state index in [1.165, 1.54) is 0 Å². The molecule has 0 saturated carbocycles. The zero-order valence-corrected chi connectivity index (χ0v) is 15.0. The number of nitrogens with zero attached hydrogens (tertiary/aromatic N) is 2. The van der Waals surface area contributed by atoms with Crippen LogP contribution in [0.1, 0.15) is 35.1 Å². The molecule has 1 aliphatic heterocycles. The number of carbonyl (C=O) groups is 1. The molecule has 3 rings (SSSR count). The molecular formula is C19H23ClN2O2. The van der Waals surface area contributed by atoms with Gasteiger partial charge in [0.15, 0.2) is 0 Å². The molecule has 1 N–H and O–H groups in total. The van der Waals surface area contributed by atoms with E-state index in [0.717, 1.165) is 29.1 Å². The Balaban J connectivity index is 1.91. The van der Waals surface area contributed by atoms with E-state index in [0.29, 0.717) is 18.1 Å². The summed E-state index contributed by atoms with van der Waals surface area (Å²) in [6.45, 7) is 7.08. The third-order valence-electron chi connectivity index (χ3n) is 4.92. The van der Waals surface area contributed by atoms with Crippen molar-refractivity contribution >= 4 is 17.5 Å². The first-order chi connectivity index (χ1) is 11.4. The van der Waals surface area contributed by atoms with Crippen LogP contribution < -0.4 is 0 Å². The van der Waals surface area contributed by atoms with Crippen LogP contribution in [-0.4, -0.2) is 39.7 Å². The molecule has 0 spiro atoms. The Morgan fingerprint density at radius 2 is 2.08 bits per heavy atom. The first-order valence-corrected chi connectivity index (χ1v) is 8.68. The van der Waals surface area contributed by atoms with Gasteiger partial charge in [-0.25, -0.2) is 0 Å². The van der Waals surface area contributed by atoms with Crippen molar-refractivity contribution in [3.63, 3.8) is 0 Å². The number of carbonyl (C=O) groups excluding carboxylic acids is 1. The topological polar surface area (TPSA) is 45.5 Å². The van der Waals surface area contributed by atoms with E-state index in [2.05, 4.69) is 4.57 Å². The molecule has 0 aliphatic carbocycles. The average Bonchev–Trinajstić information content (AvgIpc) is 3.12. The molecule has 1 fully saturated rings. The van der Waals surface area contributed by atoms with Crippen molar-refractivity contribution in [3.05, 3.63) is 52.3 Å². The van der Waals surface area contributed by atoms with Crippen molar-refractivity contribution < 1.29 is 9.90 Å². The highest BCUT2D eigenvalue weighted by molar-refractivity contribution is 6.30. The van der Waals surface area contributed by atoms with Crippen LogP contribution in [0.15, 0.2) is 30.3 Å². The van der Waals surface area contributed by atoms with E-state index in [-0.39, 0.29) is 17.9 Å². The number of hydrogen-bond acceptors (Lipinski definition) is 2. The van der Waals surface area contributed by atoms with Crippen LogP contribution in [0.3, 0.4) is 0 Å². The minimum Gasteiger partial charge on any atom is -0.393 e. The maximum Gasteiger partial charge on any atom is 0.255 e. The van der Waals surface area contributed by atoms with E-state index in [1.54, 1.807) is 6.92 Å². The van der Waals surface area contributed by atoms with Gasteiger partial charge in [-0.2, -0.15) is 0 Å². The van der Waals surface area contributed by atoms with Gasteiger partial charge in [0.2, 0.25) is 0 Å². The molecule has 1 aromatic carbocycles. The summed E-state index contributed by atoms with van der Waals surface area (Å²) in [5, 5.41) is 10.4. The minimum absolute atomic E-state index is 0.0412. The molecular weight excluding hydrogens is 324 g/mol. The first kappa shape index (κ1) is 17.1. The highest BCUT2D eigenvalue weighted by atomic mass is 35.5. The zero-order chi connectivity index (χ0) is 17.4. The molecule has 4 nitrogen and oxygen atoms in total. The molecule has 0 bridgehead atoms. The van der Waals surface area contributed by atoms with Gasteiger partial charge in [-0.3, -0.25) is 4.79 Å². The number of aromatic nitrogens is 1. The Hall–Kier alpha value is -1.78. The molecule has 24 heavy (non-hydrogen) atoms. The number of aryl methyl sites for hydroxylation is 1. The van der Waals surface area contributed by atoms with Gasteiger partial charge in [0.1, 0.15) is 0 Å². The van der Waals surface area contributed by atoms with E-state index in [4.69, 9.17) is 11.6 Å². The van der Waals surface area contributed by atoms with Crippen LogP contribution in [0.4, 0.5) is 0 Å². The second kappa shape index (κ2) is 6.61. The van der Waals surface area contributed by atoms with Crippen LogP contribution in [0.25, 0.3) is 5.69 Å². The molecule has 0 radical (unpaired) electrons. The van der Waals surface area contributed by atoms with Crippen molar-refractivity contribution in [3.8, 4) is 5.69 Å². The lowest BCUT2D eigenvalue weighted by atomic mass is 10.0. The fourth-order valence-corrected chi connectivity index (χ4v) is 3.71. The maximum atomic E-state index is 12.9. The molecule has 1 aromatic heterocycles. The molecule has 128 valence electrons. The quantitative estimate of drug-likeness (QED) is 0.923. The molecule has 2 heterocycles. The number of rotatable bonds is 3. The predicted molar refractivity (Wildman–Crippen MR) is 95.9 cm³/mol. The van der Waals surface area contributed by atoms with Crippen molar-refractivity contribution in [2.45, 2.75) is 33.3 Å². The van der Waals surface area contributed by atoms with Gasteiger partial charge in [0, 0.05) is 41.1 Å². The summed E-state index contributed by atoms with van der Waals surface area (Å²) in [7, 11) is 0. The van der Waals surface area contributed by atoms with Crippen molar-refractivity contribution in [1.82, 2.24) is 9.47 Å². The number of halogens is 1. The Bertz CT molecular complexity index is 767. The summed E-state index contributed by atoms with van der Waals surface area (Å²) in [4.78, 5) is 14.8. The van der Waals surface area contributed by atoms with Gasteiger partial charge in [0.25, 0.3) is 5.91 Å². The smallest absolute Gasteiger partial charge is 0.255 e. The molecule has 2 atom stereocenters. The predicted octanol–water partition coefficient (Wildman–Crippen LogP) is 3.59. The fourth-order valence-electron chi connectivity index (χ4n) is 3.53. The van der Waals surface area contributed by atoms with E-state index >= 15 is 0 Å². The normalized spacial score (nSPS) is 18.9. The van der Waals surface area contributed by atoms with Crippen molar-refractivity contribution in [2.24, 2.45) is 5.92 Å². The van der Waals surface area contributed by atoms with Gasteiger partial charge < -0.3 is 14.6 Å². The number of aliphatic hydroxyl groups is 1. The highest BCUT2D eigenvalue weighted by Gasteiger charge is 2.31.